The summed E-state index contributed by atoms with van der Waals surface area (Å²) in [6.45, 7) is 1.48. The van der Waals surface area contributed by atoms with Gasteiger partial charge in [-0.3, -0.25) is 9.59 Å². The molecule has 2 aliphatic rings. The highest BCUT2D eigenvalue weighted by Crippen LogP contribution is 2.32. The van der Waals surface area contributed by atoms with Crippen molar-refractivity contribution < 1.29 is 23.9 Å². The first-order chi connectivity index (χ1) is 14.5. The first-order valence-corrected chi connectivity index (χ1v) is 11.8. The quantitative estimate of drug-likeness (QED) is 0.601. The van der Waals surface area contributed by atoms with E-state index < -0.39 is 12.0 Å². The fraction of sp³-hybridized carbons (Fsp3) is 0.591. The van der Waals surface area contributed by atoms with Crippen molar-refractivity contribution >= 4 is 29.5 Å². The average molecular weight is 435 g/mol. The topological polar surface area (TPSA) is 84.9 Å². The van der Waals surface area contributed by atoms with Gasteiger partial charge in [-0.2, -0.15) is 11.8 Å². The second-order valence-electron chi connectivity index (χ2n) is 7.77. The zero-order valence-electron chi connectivity index (χ0n) is 17.6. The third-order valence-electron chi connectivity index (χ3n) is 5.50. The Bertz CT molecular complexity index is 742. The summed E-state index contributed by atoms with van der Waals surface area (Å²) < 4.78 is 10.8. The predicted molar refractivity (Wildman–Crippen MR) is 116 cm³/mol. The van der Waals surface area contributed by atoms with Crippen LogP contribution >= 0.6 is 11.8 Å². The van der Waals surface area contributed by atoms with E-state index in [1.165, 1.54) is 7.11 Å². The smallest absolute Gasteiger partial charge is 0.328 e. The van der Waals surface area contributed by atoms with E-state index in [2.05, 4.69) is 5.32 Å². The summed E-state index contributed by atoms with van der Waals surface area (Å²) >= 11 is 1.61. The van der Waals surface area contributed by atoms with E-state index in [9.17, 15) is 14.4 Å². The molecular weight excluding hydrogens is 404 g/mol. The predicted octanol–water partition coefficient (Wildman–Crippen LogP) is 2.49. The maximum absolute atomic E-state index is 12.5. The summed E-state index contributed by atoms with van der Waals surface area (Å²) in [6.07, 6.45) is 6.24. The molecule has 1 heterocycles. The molecule has 1 atom stereocenters. The summed E-state index contributed by atoms with van der Waals surface area (Å²) in [6, 6.07) is 6.27. The number of carbonyl (C=O) groups excluding carboxylic acids is 3. The van der Waals surface area contributed by atoms with Gasteiger partial charge in [0.1, 0.15) is 17.9 Å². The molecule has 1 aromatic rings. The van der Waals surface area contributed by atoms with E-state index in [4.69, 9.17) is 9.47 Å². The second-order valence-corrected chi connectivity index (χ2v) is 8.76. The van der Waals surface area contributed by atoms with Gasteiger partial charge in [-0.1, -0.05) is 0 Å². The molecule has 8 heteroatoms. The molecule has 0 aromatic heterocycles. The fourth-order valence-electron chi connectivity index (χ4n) is 3.53. The molecule has 2 amide bonds. The summed E-state index contributed by atoms with van der Waals surface area (Å²) in [5, 5.41) is 2.74. The van der Waals surface area contributed by atoms with E-state index in [0.29, 0.717) is 23.6 Å². The lowest BCUT2D eigenvalue weighted by Crippen LogP contribution is -2.42. The van der Waals surface area contributed by atoms with Crippen LogP contribution in [0.25, 0.3) is 0 Å². The summed E-state index contributed by atoms with van der Waals surface area (Å²) in [7, 11) is 1.32. The normalized spacial score (nSPS) is 17.9. The Balaban J connectivity index is 1.48. The molecule has 1 aliphatic heterocycles. The van der Waals surface area contributed by atoms with Gasteiger partial charge in [0, 0.05) is 37.4 Å². The summed E-state index contributed by atoms with van der Waals surface area (Å²) in [5.74, 6) is 1.25. The number of ether oxygens (including phenoxy) is 2. The first-order valence-electron chi connectivity index (χ1n) is 10.4. The third-order valence-corrected chi connectivity index (χ3v) is 6.15. The molecule has 1 aliphatic carbocycles. The van der Waals surface area contributed by atoms with Crippen LogP contribution in [0, 0.1) is 5.92 Å². The maximum atomic E-state index is 12.5. The Kier molecular flexibility index (Phi) is 8.01. The van der Waals surface area contributed by atoms with Crippen molar-refractivity contribution in [2.75, 3.05) is 32.2 Å². The van der Waals surface area contributed by atoms with Gasteiger partial charge in [-0.15, -0.1) is 0 Å². The third kappa shape index (κ3) is 6.14. The Morgan fingerprint density at radius 1 is 1.13 bits per heavy atom. The van der Waals surface area contributed by atoms with Gasteiger partial charge < -0.3 is 19.7 Å². The summed E-state index contributed by atoms with van der Waals surface area (Å²) in [4.78, 5) is 38.5. The van der Waals surface area contributed by atoms with E-state index in [1.54, 1.807) is 36.0 Å². The zero-order valence-corrected chi connectivity index (χ0v) is 18.4. The molecule has 2 fully saturated rings. The molecule has 3 rings (SSSR count). The number of thioether (sulfide) groups is 1. The fourth-order valence-corrected chi connectivity index (χ4v) is 4.00. The first kappa shape index (κ1) is 22.5. The molecule has 1 N–H and O–H groups in total. The molecule has 30 heavy (non-hydrogen) atoms. The van der Waals surface area contributed by atoms with E-state index in [1.807, 2.05) is 11.2 Å². The van der Waals surface area contributed by atoms with Crippen LogP contribution in [-0.2, 0) is 14.3 Å². The van der Waals surface area contributed by atoms with Gasteiger partial charge in [0.05, 0.1) is 7.11 Å². The number of nitrogens with zero attached hydrogens (tertiary/aromatic N) is 1. The number of nitrogens with one attached hydrogen (secondary N) is 1. The van der Waals surface area contributed by atoms with Gasteiger partial charge in [-0.05, 0) is 55.5 Å². The molecule has 1 saturated heterocycles. The van der Waals surface area contributed by atoms with Crippen LogP contribution in [0.15, 0.2) is 24.3 Å². The Labute approximate surface area is 181 Å². The minimum absolute atomic E-state index is 0.0724. The minimum Gasteiger partial charge on any atom is -0.490 e. The number of likely N-dealkylation sites (tertiary alicyclic amines) is 1. The highest BCUT2D eigenvalue weighted by Gasteiger charge is 2.35. The lowest BCUT2D eigenvalue weighted by atomic mass is 10.1. The molecular formula is C22H30N2O5S. The SMILES string of the molecule is COC(=O)[C@H](CCSC)NC(=O)c1ccc(OC2CCN(C(=O)C3CC3)CC2)cc1. The molecule has 164 valence electrons. The van der Waals surface area contributed by atoms with Crippen LogP contribution in [0.4, 0.5) is 0 Å². The Morgan fingerprint density at radius 2 is 1.80 bits per heavy atom. The van der Waals surface area contributed by atoms with Crippen molar-refractivity contribution in [3.05, 3.63) is 29.8 Å². The van der Waals surface area contributed by atoms with Crippen molar-refractivity contribution in [2.24, 2.45) is 5.92 Å². The van der Waals surface area contributed by atoms with Crippen LogP contribution in [-0.4, -0.2) is 67.0 Å². The molecule has 1 aromatic carbocycles. The van der Waals surface area contributed by atoms with Gasteiger partial charge >= 0.3 is 5.97 Å². The number of amides is 2. The lowest BCUT2D eigenvalue weighted by Gasteiger charge is -2.32. The van der Waals surface area contributed by atoms with Gasteiger partial charge in [0.15, 0.2) is 0 Å². The van der Waals surface area contributed by atoms with E-state index in [0.717, 1.165) is 44.5 Å². The van der Waals surface area contributed by atoms with E-state index >= 15 is 0 Å². The van der Waals surface area contributed by atoms with Crippen molar-refractivity contribution in [1.29, 1.82) is 0 Å². The number of benzene rings is 1. The second kappa shape index (κ2) is 10.7. The van der Waals surface area contributed by atoms with Gasteiger partial charge in [-0.25, -0.2) is 4.79 Å². The van der Waals surface area contributed by atoms with Crippen molar-refractivity contribution in [2.45, 2.75) is 44.2 Å². The van der Waals surface area contributed by atoms with E-state index in [-0.39, 0.29) is 17.9 Å². The number of rotatable bonds is 9. The zero-order chi connectivity index (χ0) is 21.5. The summed E-state index contributed by atoms with van der Waals surface area (Å²) in [5.41, 5.74) is 0.463. The molecule has 1 saturated carbocycles. The molecule has 0 radical (unpaired) electrons. The van der Waals surface area contributed by atoms with Crippen molar-refractivity contribution in [1.82, 2.24) is 10.2 Å². The number of carbonyl (C=O) groups is 3. The number of methoxy groups -OCH3 is 1. The molecule has 7 nitrogen and oxygen atoms in total. The monoisotopic (exact) mass is 434 g/mol. The van der Waals surface area contributed by atoms with Crippen molar-refractivity contribution in [3.8, 4) is 5.75 Å². The minimum atomic E-state index is -0.658. The Morgan fingerprint density at radius 3 is 2.37 bits per heavy atom. The Hall–Kier alpha value is -2.22. The highest BCUT2D eigenvalue weighted by atomic mass is 32.2. The van der Waals surface area contributed by atoms with Gasteiger partial charge in [0.25, 0.3) is 5.91 Å². The molecule has 0 bridgehead atoms. The van der Waals surface area contributed by atoms with Crippen LogP contribution in [0.2, 0.25) is 0 Å². The van der Waals surface area contributed by atoms with Gasteiger partial charge in [0.2, 0.25) is 5.91 Å². The highest BCUT2D eigenvalue weighted by molar-refractivity contribution is 7.98. The lowest BCUT2D eigenvalue weighted by molar-refractivity contribution is -0.143. The number of hydrogen-bond donors (Lipinski definition) is 1. The standard InChI is InChI=1S/C22H30N2O5S/c1-28-22(27)19(11-14-30-2)23-20(25)15-5-7-17(8-6-15)29-18-9-12-24(13-10-18)21(26)16-3-4-16/h5-8,16,18-19H,3-4,9-14H2,1-2H3,(H,23,25)/t19-/m0/s1. The molecule has 0 unspecified atom stereocenters. The van der Waals surface area contributed by atoms with Crippen LogP contribution < -0.4 is 10.1 Å². The largest absolute Gasteiger partial charge is 0.490 e. The van der Waals surface area contributed by atoms with Crippen LogP contribution in [0.1, 0.15) is 42.5 Å². The maximum Gasteiger partial charge on any atom is 0.328 e. The number of esters is 1. The number of hydrogen-bond acceptors (Lipinski definition) is 6. The molecule has 0 spiro atoms. The van der Waals surface area contributed by atoms with Crippen molar-refractivity contribution in [3.63, 3.8) is 0 Å². The van der Waals surface area contributed by atoms with Crippen LogP contribution in [0.3, 0.4) is 0 Å². The average Bonchev–Trinajstić information content (AvgIpc) is 3.62. The van der Waals surface area contributed by atoms with Crippen LogP contribution in [0.5, 0.6) is 5.75 Å². The number of piperidine rings is 1.